The van der Waals surface area contributed by atoms with Crippen molar-refractivity contribution in [2.75, 3.05) is 7.11 Å². The number of ether oxygens (including phenoxy) is 2. The van der Waals surface area contributed by atoms with Gasteiger partial charge in [0.2, 0.25) is 0 Å². The van der Waals surface area contributed by atoms with Crippen molar-refractivity contribution in [3.05, 3.63) is 63.7 Å². The van der Waals surface area contributed by atoms with Crippen molar-refractivity contribution in [2.45, 2.75) is 24.6 Å². The Bertz CT molecular complexity index is 934. The number of carbonyl (C=O) groups excluding carboxylic acids is 1. The molecule has 4 rings (SSSR count). The second-order valence-electron chi connectivity index (χ2n) is 6.85. The van der Waals surface area contributed by atoms with E-state index in [0.717, 1.165) is 11.1 Å². The highest BCUT2D eigenvalue weighted by atomic mass is 16.6. The van der Waals surface area contributed by atoms with Crippen LogP contribution in [0.25, 0.3) is 0 Å². The molecule has 9 heteroatoms. The molecule has 2 saturated heterocycles. The quantitative estimate of drug-likeness (QED) is 0.416. The summed E-state index contributed by atoms with van der Waals surface area (Å²) in [5, 5.41) is 21.0. The fourth-order valence-corrected chi connectivity index (χ4v) is 4.00. The molecule has 0 bridgehead atoms. The Morgan fingerprint density at radius 1 is 1.21 bits per heavy atom. The summed E-state index contributed by atoms with van der Waals surface area (Å²) < 4.78 is 10.6. The Balaban J connectivity index is 1.73. The van der Waals surface area contributed by atoms with Crippen molar-refractivity contribution in [2.24, 2.45) is 5.92 Å². The average Bonchev–Trinajstić information content (AvgIpc) is 3.11. The van der Waals surface area contributed by atoms with Gasteiger partial charge in [0, 0.05) is 24.0 Å². The van der Waals surface area contributed by atoms with Crippen LogP contribution in [-0.2, 0) is 9.53 Å². The minimum Gasteiger partial charge on any atom is -0.504 e. The number of hydrazine groups is 1. The van der Waals surface area contributed by atoms with E-state index in [9.17, 15) is 20.0 Å². The molecule has 9 nitrogen and oxygen atoms in total. The Kier molecular flexibility index (Phi) is 4.62. The molecule has 0 spiro atoms. The van der Waals surface area contributed by atoms with Crippen molar-refractivity contribution < 1.29 is 24.3 Å². The van der Waals surface area contributed by atoms with Gasteiger partial charge >= 0.3 is 5.97 Å². The second-order valence-corrected chi connectivity index (χ2v) is 6.85. The van der Waals surface area contributed by atoms with Crippen LogP contribution >= 0.6 is 0 Å². The van der Waals surface area contributed by atoms with Crippen LogP contribution in [0.15, 0.2) is 42.5 Å². The lowest BCUT2D eigenvalue weighted by atomic mass is 9.76. The highest BCUT2D eigenvalue weighted by molar-refractivity contribution is 5.72. The minimum absolute atomic E-state index is 0.00148. The van der Waals surface area contributed by atoms with E-state index in [0.29, 0.717) is 5.75 Å². The lowest BCUT2D eigenvalue weighted by molar-refractivity contribution is -0.384. The minimum atomic E-state index is -0.574. The van der Waals surface area contributed by atoms with Crippen molar-refractivity contribution in [3.8, 4) is 11.5 Å². The molecule has 3 N–H and O–H groups in total. The highest BCUT2D eigenvalue weighted by Crippen LogP contribution is 2.46. The van der Waals surface area contributed by atoms with Crippen LogP contribution in [-0.4, -0.2) is 29.3 Å². The number of non-ortho nitro benzene ring substituents is 1. The maximum Gasteiger partial charge on any atom is 0.308 e. The number of hydrogen-bond donors (Lipinski definition) is 3. The third-order valence-corrected chi connectivity index (χ3v) is 5.30. The Morgan fingerprint density at radius 2 is 2.04 bits per heavy atom. The smallest absolute Gasteiger partial charge is 0.308 e. The first kappa shape index (κ1) is 18.2. The molecule has 4 atom stereocenters. The van der Waals surface area contributed by atoms with Crippen molar-refractivity contribution in [1.29, 1.82) is 0 Å². The summed E-state index contributed by atoms with van der Waals surface area (Å²) in [5.41, 5.74) is 7.64. The van der Waals surface area contributed by atoms with E-state index in [4.69, 9.17) is 9.47 Å². The number of hydrogen-bond acceptors (Lipinski definition) is 8. The van der Waals surface area contributed by atoms with E-state index in [1.807, 2.05) is 0 Å². The number of benzene rings is 2. The van der Waals surface area contributed by atoms with E-state index in [1.54, 1.807) is 24.3 Å². The molecule has 0 amide bonds. The number of nitro benzene ring substituents is 1. The summed E-state index contributed by atoms with van der Waals surface area (Å²) in [4.78, 5) is 22.8. The van der Waals surface area contributed by atoms with E-state index in [2.05, 4.69) is 10.9 Å². The first-order valence-corrected chi connectivity index (χ1v) is 8.79. The summed E-state index contributed by atoms with van der Waals surface area (Å²) in [5.74, 6) is -0.438. The molecule has 146 valence electrons. The molecule has 2 aromatic rings. The van der Waals surface area contributed by atoms with E-state index >= 15 is 0 Å². The lowest BCUT2D eigenvalue weighted by Crippen LogP contribution is -2.42. The lowest BCUT2D eigenvalue weighted by Gasteiger charge is -2.35. The van der Waals surface area contributed by atoms with Crippen LogP contribution < -0.4 is 15.6 Å². The topological polar surface area (TPSA) is 123 Å². The van der Waals surface area contributed by atoms with E-state index in [-0.39, 0.29) is 41.7 Å². The van der Waals surface area contributed by atoms with E-state index in [1.165, 1.54) is 25.3 Å². The summed E-state index contributed by atoms with van der Waals surface area (Å²) in [6.07, 6.45) is -0.417. The fourth-order valence-electron chi connectivity index (χ4n) is 4.00. The van der Waals surface area contributed by atoms with Gasteiger partial charge in [-0.1, -0.05) is 18.2 Å². The molecule has 28 heavy (non-hydrogen) atoms. The van der Waals surface area contributed by atoms with E-state index < -0.39 is 11.2 Å². The molecule has 2 aliphatic heterocycles. The Morgan fingerprint density at radius 3 is 2.79 bits per heavy atom. The van der Waals surface area contributed by atoms with Gasteiger partial charge in [-0.25, -0.2) is 10.9 Å². The number of carbonyl (C=O) groups is 1. The van der Waals surface area contributed by atoms with Gasteiger partial charge < -0.3 is 14.6 Å². The first-order chi connectivity index (χ1) is 13.5. The molecule has 2 aromatic carbocycles. The van der Waals surface area contributed by atoms with Crippen molar-refractivity contribution >= 4 is 11.7 Å². The van der Waals surface area contributed by atoms with Gasteiger partial charge in [-0.05, 0) is 23.3 Å². The summed E-state index contributed by atoms with van der Waals surface area (Å²) >= 11 is 0. The monoisotopic (exact) mass is 385 g/mol. The third kappa shape index (κ3) is 3.14. The number of phenolic OH excluding ortho intramolecular Hbond substituents is 1. The Labute approximate surface area is 160 Å². The average molecular weight is 385 g/mol. The number of nitro groups is 1. The summed E-state index contributed by atoms with van der Waals surface area (Å²) in [6.45, 7) is 0. The zero-order chi connectivity index (χ0) is 19.8. The summed E-state index contributed by atoms with van der Waals surface area (Å²) in [7, 11) is 1.46. The highest BCUT2D eigenvalue weighted by Gasteiger charge is 2.48. The molecule has 0 aromatic heterocycles. The molecule has 0 radical (unpaired) electrons. The zero-order valence-electron chi connectivity index (χ0n) is 15.0. The van der Waals surface area contributed by atoms with Gasteiger partial charge in [0.05, 0.1) is 24.5 Å². The van der Waals surface area contributed by atoms with Gasteiger partial charge in [-0.3, -0.25) is 14.9 Å². The molecular weight excluding hydrogens is 366 g/mol. The first-order valence-electron chi connectivity index (χ1n) is 8.79. The van der Waals surface area contributed by atoms with Crippen LogP contribution in [0.2, 0.25) is 0 Å². The molecule has 0 saturated carbocycles. The number of aromatic hydroxyl groups is 1. The van der Waals surface area contributed by atoms with Crippen LogP contribution in [0.3, 0.4) is 0 Å². The molecular formula is C19H19N3O6. The van der Waals surface area contributed by atoms with Crippen LogP contribution in [0.4, 0.5) is 5.69 Å². The largest absolute Gasteiger partial charge is 0.504 e. The standard InChI is InChI=1S/C19H19N3O6/c1-27-15-8-10(5-6-14(15)23)13-9-16(24)28-19-17(13)18(20-21-19)11-3-2-4-12(7-11)22(25)26/h2-8,13,17-21,23H,9H2,1H3. The van der Waals surface area contributed by atoms with Gasteiger partial charge in [0.15, 0.2) is 17.7 Å². The number of fused-ring (bicyclic) bond motifs is 1. The Hall–Kier alpha value is -3.17. The number of rotatable bonds is 4. The van der Waals surface area contributed by atoms with Crippen LogP contribution in [0, 0.1) is 16.0 Å². The molecule has 2 fully saturated rings. The van der Waals surface area contributed by atoms with Gasteiger partial charge in [0.1, 0.15) is 0 Å². The molecule has 2 heterocycles. The fraction of sp³-hybridized carbons (Fsp3) is 0.316. The SMILES string of the molecule is COc1cc(C2CC(=O)OC3NNC(c4cccc([N+](=O)[O-])c4)C32)ccc1O. The number of nitrogens with one attached hydrogen (secondary N) is 2. The van der Waals surface area contributed by atoms with Gasteiger partial charge in [-0.15, -0.1) is 0 Å². The number of esters is 1. The maximum absolute atomic E-state index is 12.1. The van der Waals surface area contributed by atoms with Crippen molar-refractivity contribution in [1.82, 2.24) is 10.9 Å². The predicted molar refractivity (Wildman–Crippen MR) is 97.5 cm³/mol. The van der Waals surface area contributed by atoms with Gasteiger partial charge in [0.25, 0.3) is 5.69 Å². The van der Waals surface area contributed by atoms with Crippen molar-refractivity contribution in [3.63, 3.8) is 0 Å². The number of phenols is 1. The predicted octanol–water partition coefficient (Wildman–Crippen LogP) is 2.13. The molecule has 2 aliphatic rings. The number of methoxy groups -OCH3 is 1. The maximum atomic E-state index is 12.1. The normalized spacial score (nSPS) is 26.4. The van der Waals surface area contributed by atoms with Crippen LogP contribution in [0.1, 0.15) is 29.5 Å². The molecule has 0 aliphatic carbocycles. The zero-order valence-corrected chi connectivity index (χ0v) is 15.0. The van der Waals surface area contributed by atoms with Crippen LogP contribution in [0.5, 0.6) is 11.5 Å². The summed E-state index contributed by atoms with van der Waals surface area (Å²) in [6, 6.07) is 11.1. The molecule has 4 unspecified atom stereocenters. The van der Waals surface area contributed by atoms with Gasteiger partial charge in [-0.2, -0.15) is 0 Å². The third-order valence-electron chi connectivity index (χ3n) is 5.30. The second kappa shape index (κ2) is 7.10. The number of nitrogens with zero attached hydrogens (tertiary/aromatic N) is 1.